The maximum atomic E-state index is 14.1. The van der Waals surface area contributed by atoms with Crippen molar-refractivity contribution in [3.05, 3.63) is 80.6 Å². The molecule has 10 heteroatoms. The van der Waals surface area contributed by atoms with Crippen LogP contribution in [-0.2, 0) is 13.2 Å². The van der Waals surface area contributed by atoms with Crippen molar-refractivity contribution in [2.24, 2.45) is 5.73 Å². The monoisotopic (exact) mass is 395 g/mol. The molecule has 0 spiro atoms. The first-order valence-electron chi connectivity index (χ1n) is 7.57. The molecule has 0 unspecified atom stereocenters. The van der Waals surface area contributed by atoms with E-state index in [1.807, 2.05) is 0 Å². The van der Waals surface area contributed by atoms with E-state index in [0.29, 0.717) is 5.02 Å². The van der Waals surface area contributed by atoms with Crippen molar-refractivity contribution in [2.45, 2.75) is 13.2 Å². The Hall–Kier alpha value is -3.20. The number of benzene rings is 2. The van der Waals surface area contributed by atoms with Crippen molar-refractivity contribution in [2.75, 3.05) is 0 Å². The highest BCUT2D eigenvalue weighted by atomic mass is 35.5. The molecule has 1 amide bonds. The van der Waals surface area contributed by atoms with Crippen LogP contribution in [0, 0.1) is 11.6 Å². The molecule has 1 aromatic heterocycles. The summed E-state index contributed by atoms with van der Waals surface area (Å²) < 4.78 is 38.7. The molecule has 0 atom stereocenters. The van der Waals surface area contributed by atoms with Gasteiger partial charge in [-0.1, -0.05) is 23.7 Å². The lowest BCUT2D eigenvalue weighted by atomic mass is 10.2. The number of rotatable bonds is 6. The Morgan fingerprint density at radius 2 is 1.93 bits per heavy atom. The van der Waals surface area contributed by atoms with Gasteiger partial charge in [0.2, 0.25) is 0 Å². The number of carbonyl (C=O) groups is 1. The van der Waals surface area contributed by atoms with Gasteiger partial charge in [-0.15, -0.1) is 5.10 Å². The van der Waals surface area contributed by atoms with E-state index in [0.717, 1.165) is 22.4 Å². The zero-order valence-electron chi connectivity index (χ0n) is 13.6. The van der Waals surface area contributed by atoms with Crippen molar-refractivity contribution in [1.82, 2.24) is 9.78 Å². The minimum Gasteiger partial charge on any atom is -0.481 e. The van der Waals surface area contributed by atoms with Crippen LogP contribution in [-0.4, -0.2) is 15.7 Å². The Bertz CT molecular complexity index is 1050. The molecule has 0 radical (unpaired) electrons. The molecule has 0 fully saturated rings. The Kier molecular flexibility index (Phi) is 5.22. The van der Waals surface area contributed by atoms with Gasteiger partial charge >= 0.3 is 5.76 Å². The van der Waals surface area contributed by atoms with Crippen LogP contribution in [0.3, 0.4) is 0 Å². The van der Waals surface area contributed by atoms with E-state index in [9.17, 15) is 18.4 Å². The number of aromatic nitrogens is 2. The van der Waals surface area contributed by atoms with Crippen LogP contribution in [0.2, 0.25) is 5.02 Å². The lowest BCUT2D eigenvalue weighted by molar-refractivity contribution is 0.0991. The quantitative estimate of drug-likeness (QED) is 0.691. The van der Waals surface area contributed by atoms with Gasteiger partial charge < -0.3 is 14.9 Å². The molecule has 7 nitrogen and oxygen atoms in total. The molecule has 0 bridgehead atoms. The molecule has 1 heterocycles. The third-order valence-corrected chi connectivity index (χ3v) is 3.80. The van der Waals surface area contributed by atoms with Crippen LogP contribution in [0.5, 0.6) is 5.75 Å². The summed E-state index contributed by atoms with van der Waals surface area (Å²) in [7, 11) is 0. The summed E-state index contributed by atoms with van der Waals surface area (Å²) in [6.45, 7) is -0.278. The van der Waals surface area contributed by atoms with Gasteiger partial charge in [0.15, 0.2) is 18.2 Å². The van der Waals surface area contributed by atoms with Crippen LogP contribution >= 0.6 is 11.6 Å². The van der Waals surface area contributed by atoms with E-state index in [4.69, 9.17) is 26.5 Å². The van der Waals surface area contributed by atoms with Crippen LogP contribution in [0.4, 0.5) is 8.78 Å². The molecule has 0 aliphatic rings. The van der Waals surface area contributed by atoms with Gasteiger partial charge in [0.1, 0.15) is 11.4 Å². The molecule has 3 rings (SSSR count). The molecule has 27 heavy (non-hydrogen) atoms. The maximum absolute atomic E-state index is 14.1. The number of halogens is 3. The summed E-state index contributed by atoms with van der Waals surface area (Å²) in [5.41, 5.74) is 4.79. The lowest BCUT2D eigenvalue weighted by Crippen LogP contribution is -2.16. The average molecular weight is 396 g/mol. The van der Waals surface area contributed by atoms with Gasteiger partial charge in [0, 0.05) is 5.02 Å². The van der Waals surface area contributed by atoms with Gasteiger partial charge in [-0.05, 0) is 29.8 Å². The molecule has 2 aromatic carbocycles. The zero-order chi connectivity index (χ0) is 19.6. The summed E-state index contributed by atoms with van der Waals surface area (Å²) >= 11 is 5.80. The number of hydrogen-bond donors (Lipinski definition) is 1. The third-order valence-electron chi connectivity index (χ3n) is 3.55. The molecular formula is C17H12ClF2N3O4. The number of hydrogen-bond acceptors (Lipinski definition) is 5. The van der Waals surface area contributed by atoms with E-state index in [1.54, 1.807) is 24.3 Å². The summed E-state index contributed by atoms with van der Waals surface area (Å²) in [4.78, 5) is 23.0. The normalized spacial score (nSPS) is 10.8. The molecule has 0 aliphatic heterocycles. The second kappa shape index (κ2) is 7.58. The predicted molar refractivity (Wildman–Crippen MR) is 90.5 cm³/mol. The van der Waals surface area contributed by atoms with E-state index >= 15 is 0 Å². The third kappa shape index (κ3) is 4.14. The number of primary amides is 1. The van der Waals surface area contributed by atoms with Gasteiger partial charge in [0.05, 0.1) is 6.54 Å². The second-order valence-electron chi connectivity index (χ2n) is 5.43. The van der Waals surface area contributed by atoms with Crippen LogP contribution in [0.15, 0.2) is 45.6 Å². The number of nitrogens with two attached hydrogens (primary N) is 1. The Labute approximate surface area is 155 Å². The van der Waals surface area contributed by atoms with Gasteiger partial charge in [0.25, 0.3) is 11.8 Å². The SMILES string of the molecule is NC(=O)c1c(F)ccc(OCc2nn(Cc3ccc(Cl)cc3)c(=O)o2)c1F. The average Bonchev–Trinajstić information content (AvgIpc) is 2.95. The molecule has 2 N–H and O–H groups in total. The van der Waals surface area contributed by atoms with E-state index in [1.165, 1.54) is 0 Å². The Balaban J connectivity index is 1.74. The summed E-state index contributed by atoms with van der Waals surface area (Å²) in [6, 6.07) is 8.60. The van der Waals surface area contributed by atoms with Gasteiger partial charge in [-0.25, -0.2) is 13.6 Å². The zero-order valence-corrected chi connectivity index (χ0v) is 14.4. The standard InChI is InChI=1S/C17H12ClF2N3O4/c18-10-3-1-9(2-4-10)7-23-17(25)27-13(22-23)8-26-12-6-5-11(19)14(15(12)20)16(21)24/h1-6H,7-8H2,(H2,21,24). The molecule has 0 aliphatic carbocycles. The number of nitrogens with zero attached hydrogens (tertiary/aromatic N) is 2. The highest BCUT2D eigenvalue weighted by molar-refractivity contribution is 6.30. The Morgan fingerprint density at radius 1 is 1.22 bits per heavy atom. The molecule has 0 saturated carbocycles. The smallest absolute Gasteiger partial charge is 0.437 e. The minimum atomic E-state index is -1.27. The van der Waals surface area contributed by atoms with Crippen molar-refractivity contribution in [1.29, 1.82) is 0 Å². The van der Waals surface area contributed by atoms with E-state index in [2.05, 4.69) is 5.10 Å². The summed E-state index contributed by atoms with van der Waals surface area (Å²) in [6.07, 6.45) is 0. The van der Waals surface area contributed by atoms with E-state index < -0.39 is 41.2 Å². The lowest BCUT2D eigenvalue weighted by Gasteiger charge is -2.07. The van der Waals surface area contributed by atoms with Crippen molar-refractivity contribution < 1.29 is 22.7 Å². The molecule has 140 valence electrons. The topological polar surface area (TPSA) is 100 Å². The van der Waals surface area contributed by atoms with Crippen molar-refractivity contribution >= 4 is 17.5 Å². The fourth-order valence-corrected chi connectivity index (χ4v) is 2.41. The maximum Gasteiger partial charge on any atom is 0.437 e. The first-order chi connectivity index (χ1) is 12.8. The predicted octanol–water partition coefficient (Wildman–Crippen LogP) is 2.49. The summed E-state index contributed by atoms with van der Waals surface area (Å²) in [5.74, 6) is -4.91. The second-order valence-corrected chi connectivity index (χ2v) is 5.87. The first kappa shape index (κ1) is 18.6. The summed E-state index contributed by atoms with van der Waals surface area (Å²) in [5, 5.41) is 4.49. The first-order valence-corrected chi connectivity index (χ1v) is 7.95. The van der Waals surface area contributed by atoms with Crippen LogP contribution in [0.25, 0.3) is 0 Å². The molecule has 0 saturated heterocycles. The number of amides is 1. The number of ether oxygens (including phenoxy) is 1. The van der Waals surface area contributed by atoms with Crippen molar-refractivity contribution in [3.8, 4) is 5.75 Å². The van der Waals surface area contributed by atoms with Gasteiger partial charge in [-0.3, -0.25) is 4.79 Å². The number of carbonyl (C=O) groups excluding carboxylic acids is 1. The largest absolute Gasteiger partial charge is 0.481 e. The highest BCUT2D eigenvalue weighted by Crippen LogP contribution is 2.23. The minimum absolute atomic E-state index is 0.127. The fourth-order valence-electron chi connectivity index (χ4n) is 2.28. The van der Waals surface area contributed by atoms with Crippen LogP contribution < -0.4 is 16.2 Å². The molecular weight excluding hydrogens is 384 g/mol. The molecule has 3 aromatic rings. The fraction of sp³-hybridized carbons (Fsp3) is 0.118. The van der Waals surface area contributed by atoms with Crippen molar-refractivity contribution in [3.63, 3.8) is 0 Å². The van der Waals surface area contributed by atoms with Gasteiger partial charge in [-0.2, -0.15) is 4.68 Å². The van der Waals surface area contributed by atoms with E-state index in [-0.39, 0.29) is 12.4 Å². The Morgan fingerprint density at radius 3 is 2.59 bits per heavy atom. The van der Waals surface area contributed by atoms with Crippen LogP contribution in [0.1, 0.15) is 21.8 Å². The highest BCUT2D eigenvalue weighted by Gasteiger charge is 2.20.